The summed E-state index contributed by atoms with van der Waals surface area (Å²) < 4.78 is 43.2. The zero-order chi connectivity index (χ0) is 20.2. The quantitative estimate of drug-likeness (QED) is 0.751. The lowest BCUT2D eigenvalue weighted by Gasteiger charge is -2.26. The van der Waals surface area contributed by atoms with Gasteiger partial charge < -0.3 is 4.74 Å². The van der Waals surface area contributed by atoms with Crippen molar-refractivity contribution in [2.45, 2.75) is 39.1 Å². The minimum absolute atomic E-state index is 0.0604. The van der Waals surface area contributed by atoms with Gasteiger partial charge in [-0.3, -0.25) is 9.78 Å². The predicted octanol–water partition coefficient (Wildman–Crippen LogP) is 3.64. The second kappa shape index (κ2) is 7.68. The molecule has 2 aromatic heterocycles. The Kier molecular flexibility index (Phi) is 5.77. The minimum atomic E-state index is -4.56. The van der Waals surface area contributed by atoms with Crippen LogP contribution in [0.3, 0.4) is 0 Å². The molecule has 2 rings (SSSR count). The van der Waals surface area contributed by atoms with E-state index in [1.807, 2.05) is 0 Å². The number of hydrogen-bond acceptors (Lipinski definition) is 6. The SMILES string of the molecule is CC(C)(C)OC(=O)N(Cc1ccc(C(F)(F)F)nc1)c1ncc(C=O)cn1. The molecule has 0 fully saturated rings. The van der Waals surface area contributed by atoms with Crippen LogP contribution in [0.1, 0.15) is 42.4 Å². The smallest absolute Gasteiger partial charge is 0.433 e. The summed E-state index contributed by atoms with van der Waals surface area (Å²) >= 11 is 0. The van der Waals surface area contributed by atoms with Crippen LogP contribution < -0.4 is 4.90 Å². The molecule has 0 saturated heterocycles. The van der Waals surface area contributed by atoms with Crippen LogP contribution in [0.5, 0.6) is 0 Å². The monoisotopic (exact) mass is 382 g/mol. The number of aromatic nitrogens is 3. The van der Waals surface area contributed by atoms with Crippen LogP contribution in [0.25, 0.3) is 0 Å². The van der Waals surface area contributed by atoms with Gasteiger partial charge in [0.25, 0.3) is 0 Å². The van der Waals surface area contributed by atoms with Gasteiger partial charge in [-0.15, -0.1) is 0 Å². The Bertz CT molecular complexity index is 800. The number of amides is 1. The van der Waals surface area contributed by atoms with Crippen LogP contribution in [0.15, 0.2) is 30.7 Å². The first kappa shape index (κ1) is 20.3. The number of nitrogens with zero attached hydrogens (tertiary/aromatic N) is 4. The summed E-state index contributed by atoms with van der Waals surface area (Å²) in [5.74, 6) is -0.0604. The Morgan fingerprint density at radius 3 is 2.19 bits per heavy atom. The van der Waals surface area contributed by atoms with Crippen molar-refractivity contribution in [3.05, 3.63) is 47.5 Å². The van der Waals surface area contributed by atoms with E-state index in [9.17, 15) is 22.8 Å². The van der Waals surface area contributed by atoms with Gasteiger partial charge in [-0.1, -0.05) is 6.07 Å². The van der Waals surface area contributed by atoms with E-state index in [-0.39, 0.29) is 18.1 Å². The summed E-state index contributed by atoms with van der Waals surface area (Å²) in [6, 6.07) is 2.02. The lowest BCUT2D eigenvalue weighted by atomic mass is 10.2. The third kappa shape index (κ3) is 5.73. The largest absolute Gasteiger partial charge is 0.443 e. The highest BCUT2D eigenvalue weighted by Crippen LogP contribution is 2.27. The average Bonchev–Trinajstić information content (AvgIpc) is 2.58. The fraction of sp³-hybridized carbons (Fsp3) is 0.353. The standard InChI is InChI=1S/C17H17F3N4O3/c1-16(2,3)27-15(26)24(14-22-7-12(10-25)8-23-14)9-11-4-5-13(21-6-11)17(18,19)20/h4-8,10H,9H2,1-3H3. The highest BCUT2D eigenvalue weighted by atomic mass is 19.4. The van der Waals surface area contributed by atoms with Gasteiger partial charge in [0.1, 0.15) is 11.3 Å². The number of alkyl halides is 3. The van der Waals surface area contributed by atoms with Gasteiger partial charge in [0.2, 0.25) is 5.95 Å². The molecule has 0 aromatic carbocycles. The molecule has 0 unspecified atom stereocenters. The first-order valence-corrected chi connectivity index (χ1v) is 7.79. The molecule has 2 heterocycles. The summed E-state index contributed by atoms with van der Waals surface area (Å²) in [4.78, 5) is 35.5. The summed E-state index contributed by atoms with van der Waals surface area (Å²) in [6.45, 7) is 4.83. The Labute approximate surface area is 153 Å². The molecule has 7 nitrogen and oxygen atoms in total. The Hall–Kier alpha value is -3.04. The maximum atomic E-state index is 12.6. The van der Waals surface area contributed by atoms with Gasteiger partial charge in [-0.2, -0.15) is 13.2 Å². The maximum absolute atomic E-state index is 12.6. The molecule has 144 valence electrons. The molecule has 0 saturated carbocycles. The van der Waals surface area contributed by atoms with Gasteiger partial charge in [-0.05, 0) is 32.4 Å². The molecule has 0 radical (unpaired) electrons. The topological polar surface area (TPSA) is 85.3 Å². The molecular weight excluding hydrogens is 365 g/mol. The van der Waals surface area contributed by atoms with E-state index in [1.165, 1.54) is 18.5 Å². The van der Waals surface area contributed by atoms with Crippen molar-refractivity contribution >= 4 is 18.3 Å². The summed E-state index contributed by atoms with van der Waals surface area (Å²) in [5.41, 5.74) is -1.33. The number of hydrogen-bond donors (Lipinski definition) is 0. The molecule has 1 amide bonds. The predicted molar refractivity (Wildman–Crippen MR) is 89.1 cm³/mol. The zero-order valence-corrected chi connectivity index (χ0v) is 14.8. The van der Waals surface area contributed by atoms with Gasteiger partial charge >= 0.3 is 12.3 Å². The van der Waals surface area contributed by atoms with Crippen molar-refractivity contribution in [2.75, 3.05) is 4.90 Å². The molecule has 0 spiro atoms. The van der Waals surface area contributed by atoms with E-state index >= 15 is 0 Å². The van der Waals surface area contributed by atoms with Crippen LogP contribution in [0, 0.1) is 0 Å². The number of carbonyl (C=O) groups is 2. The summed E-state index contributed by atoms with van der Waals surface area (Å²) in [5, 5.41) is 0. The molecule has 0 bridgehead atoms. The molecule has 0 N–H and O–H groups in total. The first-order chi connectivity index (χ1) is 12.5. The van der Waals surface area contributed by atoms with Crippen molar-refractivity contribution in [1.82, 2.24) is 15.0 Å². The van der Waals surface area contributed by atoms with Crippen molar-refractivity contribution in [2.24, 2.45) is 0 Å². The highest BCUT2D eigenvalue weighted by Gasteiger charge is 2.32. The van der Waals surface area contributed by atoms with Gasteiger partial charge in [0.15, 0.2) is 6.29 Å². The molecule has 0 aliphatic heterocycles. The number of ether oxygens (including phenoxy) is 1. The summed E-state index contributed by atoms with van der Waals surface area (Å²) in [7, 11) is 0. The van der Waals surface area contributed by atoms with E-state index in [1.54, 1.807) is 20.8 Å². The number of rotatable bonds is 4. The lowest BCUT2D eigenvalue weighted by molar-refractivity contribution is -0.141. The van der Waals surface area contributed by atoms with Crippen molar-refractivity contribution in [3.8, 4) is 0 Å². The number of pyridine rings is 1. The molecule has 0 atom stereocenters. The van der Waals surface area contributed by atoms with Crippen molar-refractivity contribution < 1.29 is 27.5 Å². The second-order valence-corrected chi connectivity index (χ2v) is 6.55. The summed E-state index contributed by atoms with van der Waals surface area (Å²) in [6.07, 6.45) is -1.35. The minimum Gasteiger partial charge on any atom is -0.443 e. The Morgan fingerprint density at radius 1 is 1.11 bits per heavy atom. The maximum Gasteiger partial charge on any atom is 0.433 e. The van der Waals surface area contributed by atoms with Crippen LogP contribution >= 0.6 is 0 Å². The lowest BCUT2D eigenvalue weighted by Crippen LogP contribution is -2.37. The van der Waals surface area contributed by atoms with Crippen LogP contribution in [-0.2, 0) is 17.5 Å². The Morgan fingerprint density at radius 2 is 1.74 bits per heavy atom. The number of carbonyl (C=O) groups excluding carboxylic acids is 2. The van der Waals surface area contributed by atoms with Crippen LogP contribution in [0.4, 0.5) is 23.9 Å². The molecule has 0 aliphatic carbocycles. The van der Waals surface area contributed by atoms with Gasteiger partial charge in [0.05, 0.1) is 12.1 Å². The van der Waals surface area contributed by atoms with E-state index in [2.05, 4.69) is 15.0 Å². The number of anilines is 1. The molecular formula is C17H17F3N4O3. The second-order valence-electron chi connectivity index (χ2n) is 6.55. The van der Waals surface area contributed by atoms with E-state index in [0.29, 0.717) is 11.8 Å². The molecule has 0 aliphatic rings. The normalized spacial score (nSPS) is 11.8. The van der Waals surface area contributed by atoms with E-state index in [0.717, 1.165) is 17.2 Å². The zero-order valence-electron chi connectivity index (χ0n) is 14.8. The number of halogens is 3. The van der Waals surface area contributed by atoms with Gasteiger partial charge in [0, 0.05) is 18.6 Å². The molecule has 2 aromatic rings. The third-order valence-electron chi connectivity index (χ3n) is 3.11. The molecule has 10 heteroatoms. The fourth-order valence-electron chi connectivity index (χ4n) is 1.93. The third-order valence-corrected chi connectivity index (χ3v) is 3.11. The van der Waals surface area contributed by atoms with E-state index in [4.69, 9.17) is 4.74 Å². The Balaban J connectivity index is 2.31. The highest BCUT2D eigenvalue weighted by molar-refractivity contribution is 5.85. The van der Waals surface area contributed by atoms with Crippen LogP contribution in [0.2, 0.25) is 0 Å². The molecule has 27 heavy (non-hydrogen) atoms. The fourth-order valence-corrected chi connectivity index (χ4v) is 1.93. The van der Waals surface area contributed by atoms with Crippen molar-refractivity contribution in [1.29, 1.82) is 0 Å². The van der Waals surface area contributed by atoms with Gasteiger partial charge in [-0.25, -0.2) is 19.7 Å². The first-order valence-electron chi connectivity index (χ1n) is 7.79. The average molecular weight is 382 g/mol. The van der Waals surface area contributed by atoms with Crippen LogP contribution in [-0.4, -0.2) is 32.9 Å². The van der Waals surface area contributed by atoms with E-state index < -0.39 is 23.6 Å². The van der Waals surface area contributed by atoms with Crippen molar-refractivity contribution in [3.63, 3.8) is 0 Å². The number of aldehydes is 1.